The van der Waals surface area contributed by atoms with Gasteiger partial charge in [0, 0.05) is 42.1 Å². The molecule has 0 aromatic heterocycles. The molecule has 0 spiro atoms. The average Bonchev–Trinajstić information content (AvgIpc) is 2.97. The number of amides is 1. The van der Waals surface area contributed by atoms with Crippen molar-refractivity contribution in [1.82, 2.24) is 10.4 Å². The Morgan fingerprint density at radius 2 is 1.84 bits per heavy atom. The molecule has 0 bridgehead atoms. The second-order valence-corrected chi connectivity index (χ2v) is 10.7. The second-order valence-electron chi connectivity index (χ2n) is 10.7. The molecule has 1 aromatic carbocycles. The van der Waals surface area contributed by atoms with E-state index in [1.807, 2.05) is 19.9 Å². The number of benzene rings is 1. The quantitative estimate of drug-likeness (QED) is 0.0372. The van der Waals surface area contributed by atoms with Gasteiger partial charge in [0.25, 0.3) is 11.0 Å². The first-order valence-electron chi connectivity index (χ1n) is 15.2. The number of carbonyl (C=O) groups excluding carboxylic acids is 2. The number of nitrogens with zero attached hydrogens (tertiary/aromatic N) is 2. The van der Waals surface area contributed by atoms with Crippen LogP contribution in [0.1, 0.15) is 84.6 Å². The van der Waals surface area contributed by atoms with Gasteiger partial charge in [-0.2, -0.15) is 10.0 Å². The van der Waals surface area contributed by atoms with E-state index < -0.39 is 5.09 Å². The Balaban J connectivity index is 1.74. The summed E-state index contributed by atoms with van der Waals surface area (Å²) in [5, 5.41) is 22.1. The highest BCUT2D eigenvalue weighted by atomic mass is 16.9. The lowest BCUT2D eigenvalue weighted by Gasteiger charge is -2.37. The molecule has 1 aromatic rings. The van der Waals surface area contributed by atoms with Crippen LogP contribution >= 0.6 is 0 Å². The van der Waals surface area contributed by atoms with E-state index in [0.29, 0.717) is 90.8 Å². The number of esters is 1. The first kappa shape index (κ1) is 36.2. The third kappa shape index (κ3) is 12.7. The number of rotatable bonds is 22. The van der Waals surface area contributed by atoms with Crippen LogP contribution in [0.25, 0.3) is 5.70 Å². The van der Waals surface area contributed by atoms with Crippen molar-refractivity contribution < 1.29 is 33.9 Å². The lowest BCUT2D eigenvalue weighted by Crippen LogP contribution is -2.47. The fourth-order valence-corrected chi connectivity index (χ4v) is 4.46. The molecule has 2 rings (SSSR count). The van der Waals surface area contributed by atoms with Gasteiger partial charge >= 0.3 is 5.97 Å². The third-order valence-corrected chi connectivity index (χ3v) is 7.18. The molecule has 0 saturated carbocycles. The summed E-state index contributed by atoms with van der Waals surface area (Å²) < 4.78 is 11.0. The smallest absolute Gasteiger partial charge is 0.305 e. The van der Waals surface area contributed by atoms with Gasteiger partial charge in [0.05, 0.1) is 25.5 Å². The summed E-state index contributed by atoms with van der Waals surface area (Å²) in [6.07, 6.45) is 5.22. The predicted molar refractivity (Wildman–Crippen MR) is 167 cm³/mol. The van der Waals surface area contributed by atoms with Crippen molar-refractivity contribution in [1.29, 1.82) is 5.41 Å². The van der Waals surface area contributed by atoms with Crippen molar-refractivity contribution in [3.8, 4) is 5.75 Å². The second kappa shape index (κ2) is 19.3. The van der Waals surface area contributed by atoms with Gasteiger partial charge in [-0.3, -0.25) is 9.59 Å². The molecule has 1 aliphatic rings. The van der Waals surface area contributed by atoms with Gasteiger partial charge in [-0.05, 0) is 82.6 Å². The number of hydrogen-bond acceptors (Lipinski definition) is 11. The van der Waals surface area contributed by atoms with E-state index in [0.717, 1.165) is 32.4 Å². The standard InChI is InChI=1S/C31H47N5O8/c1-6-12-28(32)22(3)23(4)31(38)33-24(5)27-19-26(15-16-29(27)41-7-2)34-44-35-20-25(21-35)13-11-17-42-30(37)14-9-8-10-18-43-36(39)40/h15-16,19,25,32,34H,5-14,17-18,20-21H2,1-4H3,(H,33,38)/b23-22+,32-28?. The van der Waals surface area contributed by atoms with Crippen molar-refractivity contribution >= 4 is 29.0 Å². The van der Waals surface area contributed by atoms with E-state index in [2.05, 4.69) is 22.2 Å². The number of unbranched alkanes of at least 4 members (excludes halogenated alkanes) is 2. The Kier molecular flexibility index (Phi) is 15.9. The van der Waals surface area contributed by atoms with Gasteiger partial charge in [0.1, 0.15) is 5.75 Å². The van der Waals surface area contributed by atoms with Crippen molar-refractivity contribution in [3.63, 3.8) is 0 Å². The maximum Gasteiger partial charge on any atom is 0.305 e. The topological polar surface area (TPSA) is 165 Å². The third-order valence-electron chi connectivity index (χ3n) is 7.18. The van der Waals surface area contributed by atoms with Crippen LogP contribution < -0.4 is 15.5 Å². The lowest BCUT2D eigenvalue weighted by atomic mass is 9.97. The van der Waals surface area contributed by atoms with Crippen molar-refractivity contribution in [2.45, 2.75) is 79.1 Å². The highest BCUT2D eigenvalue weighted by molar-refractivity contribution is 6.08. The fourth-order valence-electron chi connectivity index (χ4n) is 4.46. The predicted octanol–water partition coefficient (Wildman–Crippen LogP) is 5.61. The molecule has 1 heterocycles. The summed E-state index contributed by atoms with van der Waals surface area (Å²) in [5.41, 5.74) is 6.18. The van der Waals surface area contributed by atoms with Crippen LogP contribution in [0.2, 0.25) is 0 Å². The molecule has 244 valence electrons. The zero-order valence-corrected chi connectivity index (χ0v) is 26.4. The van der Waals surface area contributed by atoms with Crippen molar-refractivity contribution in [2.24, 2.45) is 5.92 Å². The number of hydrogen-bond donors (Lipinski definition) is 3. The maximum absolute atomic E-state index is 12.9. The molecule has 0 unspecified atom stereocenters. The number of ether oxygens (including phenoxy) is 2. The maximum atomic E-state index is 12.9. The van der Waals surface area contributed by atoms with Crippen LogP contribution in [0, 0.1) is 21.4 Å². The van der Waals surface area contributed by atoms with Crippen LogP contribution in [0.4, 0.5) is 5.69 Å². The minimum Gasteiger partial charge on any atom is -0.493 e. The molecular formula is C31H47N5O8. The van der Waals surface area contributed by atoms with Crippen LogP contribution in [0.5, 0.6) is 5.75 Å². The van der Waals surface area contributed by atoms with Gasteiger partial charge in [0.2, 0.25) is 0 Å². The monoisotopic (exact) mass is 617 g/mol. The normalized spacial score (nSPS) is 13.7. The van der Waals surface area contributed by atoms with Crippen LogP contribution in [-0.4, -0.2) is 60.6 Å². The van der Waals surface area contributed by atoms with Crippen LogP contribution in [-0.2, 0) is 24.1 Å². The number of nitrogens with one attached hydrogen (secondary N) is 3. The molecule has 0 radical (unpaired) electrons. The summed E-state index contributed by atoms with van der Waals surface area (Å²) in [7, 11) is 0. The summed E-state index contributed by atoms with van der Waals surface area (Å²) in [4.78, 5) is 44.7. The van der Waals surface area contributed by atoms with Gasteiger partial charge in [0.15, 0.2) is 0 Å². The molecule has 1 saturated heterocycles. The van der Waals surface area contributed by atoms with E-state index in [1.54, 1.807) is 31.0 Å². The average molecular weight is 618 g/mol. The molecule has 13 nitrogen and oxygen atoms in total. The summed E-state index contributed by atoms with van der Waals surface area (Å²) in [6.45, 7) is 13.7. The van der Waals surface area contributed by atoms with E-state index in [9.17, 15) is 19.7 Å². The summed E-state index contributed by atoms with van der Waals surface area (Å²) >= 11 is 0. The van der Waals surface area contributed by atoms with Crippen LogP contribution in [0.3, 0.4) is 0 Å². The Hall–Kier alpha value is -3.97. The van der Waals surface area contributed by atoms with Crippen molar-refractivity contribution in [3.05, 3.63) is 51.6 Å². The van der Waals surface area contributed by atoms with Gasteiger partial charge in [-0.15, -0.1) is 10.1 Å². The number of hydroxylamine groups is 2. The fraction of sp³-hybridized carbons (Fsp3) is 0.581. The molecule has 1 fully saturated rings. The van der Waals surface area contributed by atoms with Gasteiger partial charge in [-0.1, -0.05) is 26.3 Å². The Labute approximate surface area is 259 Å². The molecular weight excluding hydrogens is 570 g/mol. The first-order valence-corrected chi connectivity index (χ1v) is 15.2. The van der Waals surface area contributed by atoms with E-state index >= 15 is 0 Å². The SMILES string of the molecule is C=C(NC(=O)/C(C)=C(\C)C(=N)CCC)c1cc(NON2CC(CCCOC(=O)CCCCCO[N+](=O)[O-])C2)ccc1OCC. The molecule has 1 aliphatic heterocycles. The summed E-state index contributed by atoms with van der Waals surface area (Å²) in [5.74, 6) is 0.438. The van der Waals surface area contributed by atoms with Gasteiger partial charge < -0.3 is 25.0 Å². The zero-order valence-electron chi connectivity index (χ0n) is 26.4. The molecule has 13 heteroatoms. The molecule has 0 aliphatic carbocycles. The largest absolute Gasteiger partial charge is 0.493 e. The van der Waals surface area contributed by atoms with E-state index in [-0.39, 0.29) is 18.5 Å². The highest BCUT2D eigenvalue weighted by Crippen LogP contribution is 2.29. The lowest BCUT2D eigenvalue weighted by molar-refractivity contribution is -0.757. The van der Waals surface area contributed by atoms with Crippen molar-refractivity contribution in [2.75, 3.05) is 38.4 Å². The zero-order chi connectivity index (χ0) is 32.5. The minimum absolute atomic E-state index is 0.0429. The number of carbonyl (C=O) groups is 2. The van der Waals surface area contributed by atoms with E-state index in [4.69, 9.17) is 19.8 Å². The number of allylic oxidation sites excluding steroid dienone is 1. The number of anilines is 1. The Morgan fingerprint density at radius 3 is 2.52 bits per heavy atom. The first-order chi connectivity index (χ1) is 21.0. The Bertz CT molecular complexity index is 1180. The van der Waals surface area contributed by atoms with Gasteiger partial charge in [-0.25, -0.2) is 5.48 Å². The van der Waals surface area contributed by atoms with E-state index in [1.165, 1.54) is 0 Å². The molecule has 3 N–H and O–H groups in total. The summed E-state index contributed by atoms with van der Waals surface area (Å²) in [6, 6.07) is 5.40. The highest BCUT2D eigenvalue weighted by Gasteiger charge is 2.28. The molecule has 1 amide bonds. The minimum atomic E-state index is -0.816. The Morgan fingerprint density at radius 1 is 1.09 bits per heavy atom. The van der Waals surface area contributed by atoms with Crippen LogP contribution in [0.15, 0.2) is 35.9 Å². The molecule has 0 atom stereocenters. The molecule has 44 heavy (non-hydrogen) atoms.